The van der Waals surface area contributed by atoms with Crippen LogP contribution in [-0.2, 0) is 6.54 Å². The predicted octanol–water partition coefficient (Wildman–Crippen LogP) is 1.01. The molecule has 0 saturated carbocycles. The van der Waals surface area contributed by atoms with Gasteiger partial charge in [-0.3, -0.25) is 0 Å². The molecule has 0 aromatic heterocycles. The van der Waals surface area contributed by atoms with Crippen LogP contribution in [0.5, 0.6) is 5.75 Å². The van der Waals surface area contributed by atoms with Gasteiger partial charge >= 0.3 is 0 Å². The zero-order valence-electron chi connectivity index (χ0n) is 11.0. The number of nitrogens with zero attached hydrogens (tertiary/aromatic N) is 1. The van der Waals surface area contributed by atoms with Crippen LogP contribution in [0.1, 0.15) is 17.2 Å². The summed E-state index contributed by atoms with van der Waals surface area (Å²) in [7, 11) is 7.51. The fourth-order valence-electron chi connectivity index (χ4n) is 1.78. The largest absolute Gasteiger partial charge is 0.496 e. The summed E-state index contributed by atoms with van der Waals surface area (Å²) in [5, 5.41) is 12.9. The maximum Gasteiger partial charge on any atom is 0.123 e. The molecule has 0 saturated heterocycles. The average molecular weight is 238 g/mol. The standard InChI is InChI=1S/C13H22N2O2/c1-14-8-12(16)10-5-6-13(17-4)11(7-10)9-15(2)3/h5-7,12,14,16H,8-9H2,1-4H3. The lowest BCUT2D eigenvalue weighted by Crippen LogP contribution is -2.17. The van der Waals surface area contributed by atoms with Gasteiger partial charge in [0.15, 0.2) is 0 Å². The zero-order valence-corrected chi connectivity index (χ0v) is 11.0. The SMILES string of the molecule is CNCC(O)c1ccc(OC)c(CN(C)C)c1. The minimum Gasteiger partial charge on any atom is -0.496 e. The zero-order chi connectivity index (χ0) is 12.8. The minimum atomic E-state index is -0.480. The number of methoxy groups -OCH3 is 1. The fraction of sp³-hybridized carbons (Fsp3) is 0.538. The highest BCUT2D eigenvalue weighted by Gasteiger charge is 2.10. The molecule has 0 bridgehead atoms. The first kappa shape index (κ1) is 14.0. The first-order valence-corrected chi connectivity index (χ1v) is 5.72. The molecule has 0 amide bonds. The highest BCUT2D eigenvalue weighted by molar-refractivity contribution is 5.38. The first-order chi connectivity index (χ1) is 8.08. The molecule has 0 aliphatic rings. The van der Waals surface area contributed by atoms with E-state index in [0.29, 0.717) is 6.54 Å². The van der Waals surface area contributed by atoms with Crippen molar-refractivity contribution < 1.29 is 9.84 Å². The molecule has 0 spiro atoms. The Hall–Kier alpha value is -1.10. The van der Waals surface area contributed by atoms with Crippen molar-refractivity contribution in [3.05, 3.63) is 29.3 Å². The number of nitrogens with one attached hydrogen (secondary N) is 1. The summed E-state index contributed by atoms with van der Waals surface area (Å²) in [6, 6.07) is 5.81. The molecule has 96 valence electrons. The molecule has 1 aromatic rings. The van der Waals surface area contributed by atoms with Gasteiger partial charge in [-0.05, 0) is 38.8 Å². The van der Waals surface area contributed by atoms with Crippen LogP contribution in [0, 0.1) is 0 Å². The number of hydrogen-bond donors (Lipinski definition) is 2. The Balaban J connectivity index is 2.95. The summed E-state index contributed by atoms with van der Waals surface area (Å²) in [5.74, 6) is 0.860. The molecule has 0 aliphatic carbocycles. The molecule has 1 aromatic carbocycles. The van der Waals surface area contributed by atoms with Crippen molar-refractivity contribution in [2.75, 3.05) is 34.8 Å². The molecular weight excluding hydrogens is 216 g/mol. The van der Waals surface area contributed by atoms with E-state index in [4.69, 9.17) is 4.74 Å². The van der Waals surface area contributed by atoms with E-state index >= 15 is 0 Å². The number of ether oxygens (including phenoxy) is 1. The Bertz CT molecular complexity index is 353. The Labute approximate surface area is 103 Å². The van der Waals surface area contributed by atoms with Crippen LogP contribution in [0.3, 0.4) is 0 Å². The molecule has 4 nitrogen and oxygen atoms in total. The lowest BCUT2D eigenvalue weighted by atomic mass is 10.0. The molecule has 0 heterocycles. The number of rotatable bonds is 6. The number of aliphatic hydroxyl groups is 1. The van der Waals surface area contributed by atoms with Crippen LogP contribution in [0.15, 0.2) is 18.2 Å². The van der Waals surface area contributed by atoms with Gasteiger partial charge in [-0.25, -0.2) is 0 Å². The second-order valence-corrected chi connectivity index (χ2v) is 4.38. The van der Waals surface area contributed by atoms with Gasteiger partial charge < -0.3 is 20.1 Å². The van der Waals surface area contributed by atoms with Crippen molar-refractivity contribution in [1.29, 1.82) is 0 Å². The van der Waals surface area contributed by atoms with E-state index in [2.05, 4.69) is 10.2 Å². The van der Waals surface area contributed by atoms with Crippen LogP contribution < -0.4 is 10.1 Å². The molecule has 1 unspecified atom stereocenters. The van der Waals surface area contributed by atoms with Crippen LogP contribution >= 0.6 is 0 Å². The van der Waals surface area contributed by atoms with Gasteiger partial charge in [-0.1, -0.05) is 6.07 Å². The minimum absolute atomic E-state index is 0.480. The van der Waals surface area contributed by atoms with Gasteiger partial charge in [0.05, 0.1) is 13.2 Å². The summed E-state index contributed by atoms with van der Waals surface area (Å²) in [6.45, 7) is 1.34. The third-order valence-corrected chi connectivity index (χ3v) is 2.57. The molecule has 0 radical (unpaired) electrons. The van der Waals surface area contributed by atoms with E-state index in [0.717, 1.165) is 23.4 Å². The van der Waals surface area contributed by atoms with E-state index < -0.39 is 6.10 Å². The highest BCUT2D eigenvalue weighted by Crippen LogP contribution is 2.24. The van der Waals surface area contributed by atoms with Crippen molar-refractivity contribution in [2.45, 2.75) is 12.6 Å². The second-order valence-electron chi connectivity index (χ2n) is 4.38. The average Bonchev–Trinajstić information content (AvgIpc) is 2.28. The maximum absolute atomic E-state index is 9.93. The topological polar surface area (TPSA) is 44.7 Å². The van der Waals surface area contributed by atoms with Crippen LogP contribution in [0.25, 0.3) is 0 Å². The maximum atomic E-state index is 9.93. The molecule has 0 aliphatic heterocycles. The first-order valence-electron chi connectivity index (χ1n) is 5.72. The lowest BCUT2D eigenvalue weighted by Gasteiger charge is -2.17. The van der Waals surface area contributed by atoms with Crippen molar-refractivity contribution in [3.8, 4) is 5.75 Å². The summed E-state index contributed by atoms with van der Waals surface area (Å²) >= 11 is 0. The van der Waals surface area contributed by atoms with Gasteiger partial charge in [-0.2, -0.15) is 0 Å². The lowest BCUT2D eigenvalue weighted by molar-refractivity contribution is 0.177. The molecule has 17 heavy (non-hydrogen) atoms. The Morgan fingerprint density at radius 3 is 2.65 bits per heavy atom. The Morgan fingerprint density at radius 2 is 2.12 bits per heavy atom. The second kappa shape index (κ2) is 6.59. The number of aliphatic hydroxyl groups excluding tert-OH is 1. The predicted molar refractivity (Wildman–Crippen MR) is 69.3 cm³/mol. The van der Waals surface area contributed by atoms with Gasteiger partial charge in [-0.15, -0.1) is 0 Å². The molecule has 0 fully saturated rings. The number of benzene rings is 1. The van der Waals surface area contributed by atoms with E-state index in [-0.39, 0.29) is 0 Å². The quantitative estimate of drug-likeness (QED) is 0.776. The summed E-state index contributed by atoms with van der Waals surface area (Å²) < 4.78 is 5.32. The summed E-state index contributed by atoms with van der Waals surface area (Å²) in [5.41, 5.74) is 2.00. The van der Waals surface area contributed by atoms with E-state index in [1.165, 1.54) is 0 Å². The molecule has 4 heteroatoms. The van der Waals surface area contributed by atoms with Crippen molar-refractivity contribution in [1.82, 2.24) is 10.2 Å². The summed E-state index contributed by atoms with van der Waals surface area (Å²) in [6.07, 6.45) is -0.480. The molecular formula is C13H22N2O2. The van der Waals surface area contributed by atoms with E-state index in [9.17, 15) is 5.11 Å². The van der Waals surface area contributed by atoms with Crippen LogP contribution in [0.4, 0.5) is 0 Å². The van der Waals surface area contributed by atoms with Crippen LogP contribution in [-0.4, -0.2) is 44.8 Å². The molecule has 1 rings (SSSR count). The molecule has 2 N–H and O–H groups in total. The normalized spacial score (nSPS) is 12.8. The van der Waals surface area contributed by atoms with Gasteiger partial charge in [0.25, 0.3) is 0 Å². The highest BCUT2D eigenvalue weighted by atomic mass is 16.5. The summed E-state index contributed by atoms with van der Waals surface area (Å²) in [4.78, 5) is 2.08. The third kappa shape index (κ3) is 4.00. The monoisotopic (exact) mass is 238 g/mol. The van der Waals surface area contributed by atoms with Crippen LogP contribution in [0.2, 0.25) is 0 Å². The van der Waals surface area contributed by atoms with Gasteiger partial charge in [0.1, 0.15) is 5.75 Å². The van der Waals surface area contributed by atoms with Crippen molar-refractivity contribution in [3.63, 3.8) is 0 Å². The number of likely N-dealkylation sites (N-methyl/N-ethyl adjacent to an activating group) is 1. The fourth-order valence-corrected chi connectivity index (χ4v) is 1.78. The molecule has 1 atom stereocenters. The third-order valence-electron chi connectivity index (χ3n) is 2.57. The smallest absolute Gasteiger partial charge is 0.123 e. The Morgan fingerprint density at radius 1 is 1.41 bits per heavy atom. The number of hydrogen-bond acceptors (Lipinski definition) is 4. The van der Waals surface area contributed by atoms with Gasteiger partial charge in [0, 0.05) is 18.7 Å². The van der Waals surface area contributed by atoms with Gasteiger partial charge in [0.2, 0.25) is 0 Å². The van der Waals surface area contributed by atoms with Crippen molar-refractivity contribution >= 4 is 0 Å². The van der Waals surface area contributed by atoms with Crippen molar-refractivity contribution in [2.24, 2.45) is 0 Å². The van der Waals surface area contributed by atoms with E-state index in [1.807, 2.05) is 39.3 Å². The van der Waals surface area contributed by atoms with E-state index in [1.54, 1.807) is 7.11 Å². The Kier molecular flexibility index (Phi) is 5.41.